The minimum Gasteiger partial charge on any atom is -0.309 e. The molecular formula is C55H34N4S2. The van der Waals surface area contributed by atoms with E-state index in [1.54, 1.807) is 0 Å². The molecule has 0 aliphatic carbocycles. The molecule has 0 unspecified atom stereocenters. The summed E-state index contributed by atoms with van der Waals surface area (Å²) >= 11 is 3.78. The first kappa shape index (κ1) is 34.4. The Hall–Kier alpha value is -7.51. The standard InChI is InChI=1S/C55H34N4S2/c1-4-17-39(18-5-1)57-46-24-11-10-23-42(46)44-30-49-45(31-48(44)57)43-29-37(25-26-47(43)58(49)40-19-6-2-7-20-40)53-33-51-55(61-53)54-50(59(51)41-21-8-3-9-22-41)32-52(60-54)36-15-12-14-35(28-36)38-16-13-27-56-34-38/h1-34H. The van der Waals surface area contributed by atoms with E-state index in [-0.39, 0.29) is 0 Å². The predicted molar refractivity (Wildman–Crippen MR) is 259 cm³/mol. The molecule has 6 aromatic heterocycles. The van der Waals surface area contributed by atoms with Crippen molar-refractivity contribution in [3.63, 3.8) is 0 Å². The number of aromatic nitrogens is 4. The second-order valence-electron chi connectivity index (χ2n) is 15.6. The summed E-state index contributed by atoms with van der Waals surface area (Å²) in [5.74, 6) is 0. The SMILES string of the molecule is c1ccc(-n2c3ccccc3c3cc4c(cc32)c2cc(-c3cc5c(s3)c3sc(-c6cccc(-c7cccnc7)c6)cc3n5-c3ccccc3)ccc2n4-c2ccccc2)cc1. The lowest BCUT2D eigenvalue weighted by Gasteiger charge is -2.09. The molecule has 6 heteroatoms. The van der Waals surface area contributed by atoms with E-state index < -0.39 is 0 Å². The van der Waals surface area contributed by atoms with Crippen molar-refractivity contribution in [1.82, 2.24) is 18.7 Å². The molecule has 0 saturated heterocycles. The van der Waals surface area contributed by atoms with Crippen LogP contribution in [-0.4, -0.2) is 18.7 Å². The molecule has 13 aromatic rings. The third kappa shape index (κ3) is 5.33. The molecule has 0 saturated carbocycles. The van der Waals surface area contributed by atoms with Crippen molar-refractivity contribution >= 4 is 86.7 Å². The van der Waals surface area contributed by atoms with Gasteiger partial charge in [0.1, 0.15) is 0 Å². The van der Waals surface area contributed by atoms with E-state index in [0.29, 0.717) is 0 Å². The van der Waals surface area contributed by atoms with Gasteiger partial charge in [-0.3, -0.25) is 4.98 Å². The van der Waals surface area contributed by atoms with E-state index in [2.05, 4.69) is 207 Å². The number of nitrogens with zero attached hydrogens (tertiary/aromatic N) is 4. The van der Waals surface area contributed by atoms with Crippen molar-refractivity contribution in [3.8, 4) is 49.1 Å². The normalized spacial score (nSPS) is 11.9. The van der Waals surface area contributed by atoms with Gasteiger partial charge in [-0.15, -0.1) is 22.7 Å². The fourth-order valence-electron chi connectivity index (χ4n) is 9.42. The Bertz CT molecular complexity index is 3800. The van der Waals surface area contributed by atoms with Gasteiger partial charge in [0.25, 0.3) is 0 Å². The predicted octanol–water partition coefficient (Wildman–Crippen LogP) is 15.5. The summed E-state index contributed by atoms with van der Waals surface area (Å²) in [5, 5.41) is 4.98. The average Bonchev–Trinajstić information content (AvgIpc) is 4.14. The highest BCUT2D eigenvalue weighted by atomic mass is 32.1. The van der Waals surface area contributed by atoms with Crippen LogP contribution in [0.1, 0.15) is 0 Å². The monoisotopic (exact) mass is 814 g/mol. The summed E-state index contributed by atoms with van der Waals surface area (Å²) in [6.07, 6.45) is 3.76. The minimum absolute atomic E-state index is 1.12. The summed E-state index contributed by atoms with van der Waals surface area (Å²) in [5.41, 5.74) is 15.5. The fraction of sp³-hybridized carbons (Fsp3) is 0. The van der Waals surface area contributed by atoms with Gasteiger partial charge in [0.05, 0.1) is 42.5 Å². The fourth-order valence-corrected chi connectivity index (χ4v) is 11.8. The molecule has 0 N–H and O–H groups in total. The summed E-state index contributed by atoms with van der Waals surface area (Å²) < 4.78 is 9.94. The highest BCUT2D eigenvalue weighted by Crippen LogP contribution is 2.48. The van der Waals surface area contributed by atoms with Gasteiger partial charge >= 0.3 is 0 Å². The van der Waals surface area contributed by atoms with Crippen LogP contribution in [0.4, 0.5) is 0 Å². The molecule has 6 heterocycles. The maximum Gasteiger partial charge on any atom is 0.0711 e. The lowest BCUT2D eigenvalue weighted by Crippen LogP contribution is -1.94. The van der Waals surface area contributed by atoms with Gasteiger partial charge in [-0.05, 0) is 108 Å². The molecule has 0 bridgehead atoms. The van der Waals surface area contributed by atoms with Gasteiger partial charge in [-0.1, -0.05) is 103 Å². The topological polar surface area (TPSA) is 27.7 Å². The second kappa shape index (κ2) is 13.5. The zero-order chi connectivity index (χ0) is 40.0. The molecule has 61 heavy (non-hydrogen) atoms. The van der Waals surface area contributed by atoms with Crippen LogP contribution in [0.25, 0.3) is 113 Å². The highest BCUT2D eigenvalue weighted by Gasteiger charge is 2.22. The Morgan fingerprint density at radius 1 is 0.311 bits per heavy atom. The first-order chi connectivity index (χ1) is 30.2. The molecule has 0 aliphatic rings. The van der Waals surface area contributed by atoms with Crippen LogP contribution in [0, 0.1) is 0 Å². The van der Waals surface area contributed by atoms with Crippen LogP contribution < -0.4 is 0 Å². The van der Waals surface area contributed by atoms with E-state index in [9.17, 15) is 0 Å². The van der Waals surface area contributed by atoms with E-state index in [0.717, 1.165) is 16.9 Å². The van der Waals surface area contributed by atoms with Crippen molar-refractivity contribution in [2.24, 2.45) is 0 Å². The molecule has 13 rings (SSSR count). The Morgan fingerprint density at radius 2 is 0.803 bits per heavy atom. The van der Waals surface area contributed by atoms with Crippen LogP contribution in [-0.2, 0) is 0 Å². The minimum atomic E-state index is 1.12. The van der Waals surface area contributed by atoms with Crippen LogP contribution in [0.2, 0.25) is 0 Å². The van der Waals surface area contributed by atoms with E-state index in [4.69, 9.17) is 0 Å². The van der Waals surface area contributed by atoms with Gasteiger partial charge in [0, 0.05) is 66.3 Å². The van der Waals surface area contributed by atoms with Crippen molar-refractivity contribution < 1.29 is 0 Å². The quantitative estimate of drug-likeness (QED) is 0.164. The third-order valence-corrected chi connectivity index (χ3v) is 14.7. The van der Waals surface area contributed by atoms with Gasteiger partial charge in [0.2, 0.25) is 0 Å². The number of fused-ring (bicyclic) bond motifs is 9. The number of pyridine rings is 1. The van der Waals surface area contributed by atoms with Crippen LogP contribution in [0.3, 0.4) is 0 Å². The Morgan fingerprint density at radius 3 is 1.41 bits per heavy atom. The summed E-state index contributed by atoms with van der Waals surface area (Å²) in [7, 11) is 0. The molecule has 0 atom stereocenters. The number of benzene rings is 7. The highest BCUT2D eigenvalue weighted by molar-refractivity contribution is 7.30. The zero-order valence-corrected chi connectivity index (χ0v) is 34.4. The van der Waals surface area contributed by atoms with Gasteiger partial charge in [-0.2, -0.15) is 0 Å². The first-order valence-electron chi connectivity index (χ1n) is 20.5. The molecule has 4 nitrogen and oxygen atoms in total. The first-order valence-corrected chi connectivity index (χ1v) is 22.2. The number of thiophene rings is 2. The van der Waals surface area contributed by atoms with E-state index in [1.165, 1.54) is 96.2 Å². The molecular weight excluding hydrogens is 781 g/mol. The van der Waals surface area contributed by atoms with Crippen molar-refractivity contribution in [2.45, 2.75) is 0 Å². The second-order valence-corrected chi connectivity index (χ2v) is 17.7. The average molecular weight is 815 g/mol. The van der Waals surface area contributed by atoms with Crippen molar-refractivity contribution in [1.29, 1.82) is 0 Å². The number of para-hydroxylation sites is 4. The van der Waals surface area contributed by atoms with Gasteiger partial charge < -0.3 is 13.7 Å². The van der Waals surface area contributed by atoms with Gasteiger partial charge in [-0.25, -0.2) is 0 Å². The summed E-state index contributed by atoms with van der Waals surface area (Å²) in [6, 6.07) is 70.8. The lowest BCUT2D eigenvalue weighted by molar-refractivity contribution is 1.17. The maximum absolute atomic E-state index is 4.38. The number of hydrogen-bond acceptors (Lipinski definition) is 3. The Labute approximate surface area is 359 Å². The van der Waals surface area contributed by atoms with Crippen molar-refractivity contribution in [2.75, 3.05) is 0 Å². The third-order valence-electron chi connectivity index (χ3n) is 12.1. The van der Waals surface area contributed by atoms with Gasteiger partial charge in [0.15, 0.2) is 0 Å². The maximum atomic E-state index is 4.38. The molecule has 286 valence electrons. The van der Waals surface area contributed by atoms with Crippen LogP contribution >= 0.6 is 22.7 Å². The van der Waals surface area contributed by atoms with E-state index in [1.807, 2.05) is 41.1 Å². The Balaban J connectivity index is 1.03. The summed E-state index contributed by atoms with van der Waals surface area (Å²) in [4.78, 5) is 6.89. The molecule has 0 amide bonds. The van der Waals surface area contributed by atoms with Crippen LogP contribution in [0.15, 0.2) is 207 Å². The number of rotatable bonds is 6. The van der Waals surface area contributed by atoms with E-state index >= 15 is 0 Å². The molecule has 0 radical (unpaired) electrons. The smallest absolute Gasteiger partial charge is 0.0711 e. The summed E-state index contributed by atoms with van der Waals surface area (Å²) in [6.45, 7) is 0. The lowest BCUT2D eigenvalue weighted by atomic mass is 10.0. The largest absolute Gasteiger partial charge is 0.309 e. The molecule has 0 fully saturated rings. The zero-order valence-electron chi connectivity index (χ0n) is 32.7. The van der Waals surface area contributed by atoms with Crippen molar-refractivity contribution in [3.05, 3.63) is 207 Å². The number of hydrogen-bond donors (Lipinski definition) is 0. The molecule has 0 spiro atoms. The molecule has 7 aromatic carbocycles. The Kier molecular flexibility index (Phi) is 7.61. The molecule has 0 aliphatic heterocycles. The van der Waals surface area contributed by atoms with Crippen LogP contribution in [0.5, 0.6) is 0 Å².